The van der Waals surface area contributed by atoms with Crippen LogP contribution in [0.4, 0.5) is 4.39 Å². The van der Waals surface area contributed by atoms with E-state index in [9.17, 15) is 4.39 Å². The summed E-state index contributed by atoms with van der Waals surface area (Å²) in [6, 6.07) is 9.84. The summed E-state index contributed by atoms with van der Waals surface area (Å²) < 4.78 is 13.2. The second-order valence-electron chi connectivity index (χ2n) is 4.25. The molecule has 0 aliphatic heterocycles. The summed E-state index contributed by atoms with van der Waals surface area (Å²) in [5, 5.41) is 3.19. The van der Waals surface area contributed by atoms with E-state index in [1.807, 2.05) is 7.05 Å². The Hall–Kier alpha value is -1.74. The number of nitrogens with zero attached hydrogens (tertiary/aromatic N) is 1. The lowest BCUT2D eigenvalue weighted by Gasteiger charge is -2.17. The number of hydrogen-bond donors (Lipinski definition) is 1. The number of nitrogens with one attached hydrogen (secondary N) is 1. The Morgan fingerprint density at radius 3 is 2.44 bits per heavy atom. The zero-order valence-corrected chi connectivity index (χ0v) is 10.7. The Bertz CT molecular complexity index is 508. The fourth-order valence-electron chi connectivity index (χ4n) is 2.06. The fourth-order valence-corrected chi connectivity index (χ4v) is 2.06. The predicted molar refractivity (Wildman–Crippen MR) is 70.9 cm³/mol. The molecule has 2 rings (SSSR count). The first-order chi connectivity index (χ1) is 8.74. The van der Waals surface area contributed by atoms with Gasteiger partial charge in [-0.15, -0.1) is 0 Å². The summed E-state index contributed by atoms with van der Waals surface area (Å²) in [6.45, 7) is 2.13. The molecular weight excluding hydrogens is 227 g/mol. The minimum absolute atomic E-state index is 0.0286. The standard InChI is InChI=1S/C15H17FN2/c1-3-11-4-6-12(7-5-11)15(17-2)13-8-14(16)10-18-9-13/h4-10,15,17H,3H2,1-2H3. The number of pyridine rings is 1. The Labute approximate surface area is 107 Å². The Balaban J connectivity index is 2.32. The third kappa shape index (κ3) is 2.74. The molecule has 1 N–H and O–H groups in total. The highest BCUT2D eigenvalue weighted by molar-refractivity contribution is 5.32. The van der Waals surface area contributed by atoms with Crippen LogP contribution in [0.25, 0.3) is 0 Å². The van der Waals surface area contributed by atoms with E-state index < -0.39 is 0 Å². The molecule has 3 heteroatoms. The van der Waals surface area contributed by atoms with Crippen molar-refractivity contribution in [1.82, 2.24) is 10.3 Å². The Kier molecular flexibility index (Phi) is 4.05. The minimum Gasteiger partial charge on any atom is -0.309 e. The summed E-state index contributed by atoms with van der Waals surface area (Å²) in [5.74, 6) is -0.307. The Morgan fingerprint density at radius 1 is 1.17 bits per heavy atom. The topological polar surface area (TPSA) is 24.9 Å². The van der Waals surface area contributed by atoms with Crippen molar-refractivity contribution in [3.63, 3.8) is 0 Å². The van der Waals surface area contributed by atoms with Crippen molar-refractivity contribution >= 4 is 0 Å². The van der Waals surface area contributed by atoms with E-state index >= 15 is 0 Å². The van der Waals surface area contributed by atoms with Gasteiger partial charge in [0.15, 0.2) is 0 Å². The zero-order valence-electron chi connectivity index (χ0n) is 10.7. The first-order valence-corrected chi connectivity index (χ1v) is 6.11. The molecule has 0 aliphatic rings. The van der Waals surface area contributed by atoms with Gasteiger partial charge >= 0.3 is 0 Å². The third-order valence-electron chi connectivity index (χ3n) is 3.07. The molecule has 1 aromatic heterocycles. The minimum atomic E-state index is -0.307. The highest BCUT2D eigenvalue weighted by Crippen LogP contribution is 2.22. The van der Waals surface area contributed by atoms with E-state index in [0.29, 0.717) is 0 Å². The lowest BCUT2D eigenvalue weighted by Crippen LogP contribution is -2.18. The maximum absolute atomic E-state index is 13.2. The van der Waals surface area contributed by atoms with E-state index in [0.717, 1.165) is 17.5 Å². The SMILES string of the molecule is CCc1ccc(C(NC)c2cncc(F)c2)cc1. The Morgan fingerprint density at radius 2 is 1.89 bits per heavy atom. The number of rotatable bonds is 4. The van der Waals surface area contributed by atoms with E-state index in [2.05, 4.69) is 41.5 Å². The van der Waals surface area contributed by atoms with Gasteiger partial charge < -0.3 is 5.32 Å². The van der Waals surface area contributed by atoms with Crippen LogP contribution < -0.4 is 5.32 Å². The van der Waals surface area contributed by atoms with Gasteiger partial charge in [0.25, 0.3) is 0 Å². The summed E-state index contributed by atoms with van der Waals surface area (Å²) in [5.41, 5.74) is 3.25. The van der Waals surface area contributed by atoms with Crippen molar-refractivity contribution in [2.24, 2.45) is 0 Å². The largest absolute Gasteiger partial charge is 0.309 e. The van der Waals surface area contributed by atoms with Gasteiger partial charge in [0, 0.05) is 6.20 Å². The molecule has 1 atom stereocenters. The van der Waals surface area contributed by atoms with E-state index in [-0.39, 0.29) is 11.9 Å². The van der Waals surface area contributed by atoms with E-state index in [4.69, 9.17) is 0 Å². The summed E-state index contributed by atoms with van der Waals surface area (Å²) in [7, 11) is 1.86. The van der Waals surface area contributed by atoms with Crippen LogP contribution in [-0.2, 0) is 6.42 Å². The van der Waals surface area contributed by atoms with Crippen molar-refractivity contribution in [2.45, 2.75) is 19.4 Å². The lowest BCUT2D eigenvalue weighted by atomic mass is 9.98. The van der Waals surface area contributed by atoms with Crippen LogP contribution in [0.15, 0.2) is 42.7 Å². The average molecular weight is 244 g/mol. The van der Waals surface area contributed by atoms with Crippen LogP contribution in [0.3, 0.4) is 0 Å². The molecule has 1 unspecified atom stereocenters. The van der Waals surface area contributed by atoms with Gasteiger partial charge in [-0.2, -0.15) is 0 Å². The first kappa shape index (κ1) is 12.7. The van der Waals surface area contributed by atoms with Crippen molar-refractivity contribution in [2.75, 3.05) is 7.05 Å². The second-order valence-corrected chi connectivity index (χ2v) is 4.25. The molecule has 0 saturated heterocycles. The lowest BCUT2D eigenvalue weighted by molar-refractivity contribution is 0.608. The molecule has 2 aromatic rings. The van der Waals surface area contributed by atoms with Gasteiger partial charge in [0.05, 0.1) is 12.2 Å². The molecule has 2 nitrogen and oxygen atoms in total. The van der Waals surface area contributed by atoms with E-state index in [1.165, 1.54) is 17.8 Å². The molecule has 1 aromatic carbocycles. The van der Waals surface area contributed by atoms with Gasteiger partial charge in [0.1, 0.15) is 5.82 Å². The molecule has 1 heterocycles. The summed E-state index contributed by atoms with van der Waals surface area (Å²) in [6.07, 6.45) is 3.93. The van der Waals surface area contributed by atoms with Crippen LogP contribution in [0.2, 0.25) is 0 Å². The normalized spacial score (nSPS) is 12.4. The van der Waals surface area contributed by atoms with Crippen LogP contribution in [0.1, 0.15) is 29.7 Å². The molecule has 18 heavy (non-hydrogen) atoms. The van der Waals surface area contributed by atoms with Crippen molar-refractivity contribution in [1.29, 1.82) is 0 Å². The van der Waals surface area contributed by atoms with Crippen LogP contribution in [0, 0.1) is 5.82 Å². The monoisotopic (exact) mass is 244 g/mol. The van der Waals surface area contributed by atoms with Gasteiger partial charge in [0.2, 0.25) is 0 Å². The number of aryl methyl sites for hydroxylation is 1. The molecule has 0 aliphatic carbocycles. The smallest absolute Gasteiger partial charge is 0.141 e. The predicted octanol–water partition coefficient (Wildman–Crippen LogP) is 3.09. The molecule has 0 fully saturated rings. The molecular formula is C15H17FN2. The highest BCUT2D eigenvalue weighted by Gasteiger charge is 2.12. The van der Waals surface area contributed by atoms with Crippen molar-refractivity contribution in [3.8, 4) is 0 Å². The van der Waals surface area contributed by atoms with Gasteiger partial charge in [-0.3, -0.25) is 4.98 Å². The second kappa shape index (κ2) is 5.74. The van der Waals surface area contributed by atoms with Crippen LogP contribution in [0.5, 0.6) is 0 Å². The molecule has 0 bridgehead atoms. The molecule has 0 amide bonds. The molecule has 0 spiro atoms. The summed E-state index contributed by atoms with van der Waals surface area (Å²) in [4.78, 5) is 3.90. The van der Waals surface area contributed by atoms with Crippen molar-refractivity contribution < 1.29 is 4.39 Å². The van der Waals surface area contributed by atoms with Crippen molar-refractivity contribution in [3.05, 3.63) is 65.2 Å². The third-order valence-corrected chi connectivity index (χ3v) is 3.07. The van der Waals surface area contributed by atoms with Crippen LogP contribution in [-0.4, -0.2) is 12.0 Å². The summed E-state index contributed by atoms with van der Waals surface area (Å²) >= 11 is 0. The molecule has 0 saturated carbocycles. The van der Waals surface area contributed by atoms with Gasteiger partial charge in [-0.05, 0) is 36.2 Å². The average Bonchev–Trinajstić information content (AvgIpc) is 2.40. The fraction of sp³-hybridized carbons (Fsp3) is 0.267. The van der Waals surface area contributed by atoms with Gasteiger partial charge in [-0.1, -0.05) is 31.2 Å². The molecule has 94 valence electrons. The highest BCUT2D eigenvalue weighted by atomic mass is 19.1. The number of hydrogen-bond acceptors (Lipinski definition) is 2. The zero-order chi connectivity index (χ0) is 13.0. The number of aromatic nitrogens is 1. The van der Waals surface area contributed by atoms with E-state index in [1.54, 1.807) is 6.20 Å². The molecule has 0 radical (unpaired) electrons. The number of halogens is 1. The number of benzene rings is 1. The maximum Gasteiger partial charge on any atom is 0.141 e. The van der Waals surface area contributed by atoms with Gasteiger partial charge in [-0.25, -0.2) is 4.39 Å². The maximum atomic E-state index is 13.2. The van der Waals surface area contributed by atoms with Crippen LogP contribution >= 0.6 is 0 Å². The quantitative estimate of drug-likeness (QED) is 0.894. The first-order valence-electron chi connectivity index (χ1n) is 6.11.